The first-order valence-electron chi connectivity index (χ1n) is 8.75. The number of nitrogens with zero attached hydrogens (tertiary/aromatic N) is 3. The summed E-state index contributed by atoms with van der Waals surface area (Å²) < 4.78 is 10.7. The lowest BCUT2D eigenvalue weighted by molar-refractivity contribution is 0.174. The van der Waals surface area contributed by atoms with Crippen molar-refractivity contribution in [1.82, 2.24) is 15.2 Å². The van der Waals surface area contributed by atoms with E-state index < -0.39 is 0 Å². The molecule has 7 nitrogen and oxygen atoms in total. The minimum atomic E-state index is 0.269. The number of anilines is 3. The summed E-state index contributed by atoms with van der Waals surface area (Å²) in [4.78, 5) is 4.51. The molecule has 0 spiro atoms. The summed E-state index contributed by atoms with van der Waals surface area (Å²) in [6.45, 7) is 7.08. The third kappa shape index (κ3) is 3.76. The highest BCUT2D eigenvalue weighted by Gasteiger charge is 2.13. The van der Waals surface area contributed by atoms with Crippen molar-refractivity contribution in [2.75, 3.05) is 17.4 Å². The minimum Gasteiger partial charge on any atom is -0.454 e. The second-order valence-electron chi connectivity index (χ2n) is 6.61. The molecule has 7 heteroatoms. The first kappa shape index (κ1) is 17.1. The second kappa shape index (κ2) is 7.11. The number of hydrogen-bond acceptors (Lipinski definition) is 7. The van der Waals surface area contributed by atoms with E-state index in [1.807, 2.05) is 18.2 Å². The van der Waals surface area contributed by atoms with E-state index in [2.05, 4.69) is 58.7 Å². The Morgan fingerprint density at radius 1 is 1.00 bits per heavy atom. The SMILES string of the molecule is Cc1cc(C)c(Nc2cnnc(NCc3ccc4c(c3)OCO4)n2)c(C)c1. The molecule has 1 aliphatic rings. The zero-order valence-corrected chi connectivity index (χ0v) is 15.5. The van der Waals surface area contributed by atoms with E-state index in [1.165, 1.54) is 16.7 Å². The van der Waals surface area contributed by atoms with Gasteiger partial charge in [0.25, 0.3) is 0 Å². The molecule has 0 amide bonds. The van der Waals surface area contributed by atoms with Crippen molar-refractivity contribution < 1.29 is 9.47 Å². The molecule has 138 valence electrons. The van der Waals surface area contributed by atoms with Gasteiger partial charge in [-0.1, -0.05) is 23.8 Å². The quantitative estimate of drug-likeness (QED) is 0.712. The van der Waals surface area contributed by atoms with Crippen LogP contribution in [0.4, 0.5) is 17.5 Å². The number of aryl methyl sites for hydroxylation is 3. The Bertz CT molecular complexity index is 967. The molecule has 0 fully saturated rings. The van der Waals surface area contributed by atoms with Crippen LogP contribution in [-0.2, 0) is 6.54 Å². The van der Waals surface area contributed by atoms with E-state index in [1.54, 1.807) is 6.20 Å². The Labute approximate surface area is 157 Å². The molecular weight excluding hydrogens is 342 g/mol. The van der Waals surface area contributed by atoms with Crippen LogP contribution in [0.1, 0.15) is 22.3 Å². The van der Waals surface area contributed by atoms with Gasteiger partial charge >= 0.3 is 0 Å². The zero-order valence-electron chi connectivity index (χ0n) is 15.5. The summed E-state index contributed by atoms with van der Waals surface area (Å²) in [6.07, 6.45) is 1.62. The predicted molar refractivity (Wildman–Crippen MR) is 104 cm³/mol. The average Bonchev–Trinajstić information content (AvgIpc) is 3.11. The van der Waals surface area contributed by atoms with E-state index in [0.717, 1.165) is 22.7 Å². The Balaban J connectivity index is 1.46. The van der Waals surface area contributed by atoms with Gasteiger partial charge in [0.1, 0.15) is 0 Å². The third-order valence-electron chi connectivity index (χ3n) is 4.38. The lowest BCUT2D eigenvalue weighted by Gasteiger charge is -2.13. The van der Waals surface area contributed by atoms with Crippen LogP contribution in [-0.4, -0.2) is 22.0 Å². The van der Waals surface area contributed by atoms with Crippen molar-refractivity contribution in [3.8, 4) is 11.5 Å². The van der Waals surface area contributed by atoms with Gasteiger partial charge in [0.05, 0.1) is 6.20 Å². The van der Waals surface area contributed by atoms with Crippen molar-refractivity contribution in [3.63, 3.8) is 0 Å². The van der Waals surface area contributed by atoms with Crippen LogP contribution >= 0.6 is 0 Å². The lowest BCUT2D eigenvalue weighted by atomic mass is 10.1. The number of nitrogens with one attached hydrogen (secondary N) is 2. The predicted octanol–water partition coefficient (Wildman–Crippen LogP) is 3.88. The van der Waals surface area contributed by atoms with Crippen LogP contribution in [0, 0.1) is 20.8 Å². The molecular formula is C20H21N5O2. The van der Waals surface area contributed by atoms with Crippen molar-refractivity contribution in [2.45, 2.75) is 27.3 Å². The van der Waals surface area contributed by atoms with Crippen molar-refractivity contribution in [1.29, 1.82) is 0 Å². The second-order valence-corrected chi connectivity index (χ2v) is 6.61. The number of ether oxygens (including phenoxy) is 2. The van der Waals surface area contributed by atoms with Crippen molar-refractivity contribution >= 4 is 17.5 Å². The molecule has 0 saturated carbocycles. The molecule has 2 heterocycles. The monoisotopic (exact) mass is 363 g/mol. The van der Waals surface area contributed by atoms with Crippen molar-refractivity contribution in [2.24, 2.45) is 0 Å². The largest absolute Gasteiger partial charge is 0.454 e. The molecule has 0 radical (unpaired) electrons. The van der Waals surface area contributed by atoms with Gasteiger partial charge in [-0.15, -0.1) is 5.10 Å². The smallest absolute Gasteiger partial charge is 0.244 e. The van der Waals surface area contributed by atoms with E-state index in [-0.39, 0.29) is 6.79 Å². The lowest BCUT2D eigenvalue weighted by Crippen LogP contribution is -2.07. The molecule has 2 N–H and O–H groups in total. The van der Waals surface area contributed by atoms with Gasteiger partial charge < -0.3 is 20.1 Å². The molecule has 0 unspecified atom stereocenters. The molecule has 0 saturated heterocycles. The van der Waals surface area contributed by atoms with Crippen molar-refractivity contribution in [3.05, 3.63) is 58.8 Å². The highest BCUT2D eigenvalue weighted by Crippen LogP contribution is 2.32. The number of fused-ring (bicyclic) bond motifs is 1. The van der Waals surface area contributed by atoms with Gasteiger partial charge in [0.15, 0.2) is 17.3 Å². The van der Waals surface area contributed by atoms with E-state index in [9.17, 15) is 0 Å². The fourth-order valence-corrected chi connectivity index (χ4v) is 3.18. The molecule has 1 aliphatic heterocycles. The number of benzene rings is 2. The van der Waals surface area contributed by atoms with Gasteiger partial charge in [-0.25, -0.2) is 0 Å². The van der Waals surface area contributed by atoms with E-state index in [4.69, 9.17) is 9.47 Å². The Hall–Kier alpha value is -3.35. The van der Waals surface area contributed by atoms with E-state index in [0.29, 0.717) is 18.3 Å². The summed E-state index contributed by atoms with van der Waals surface area (Å²) >= 11 is 0. The maximum atomic E-state index is 5.40. The van der Waals surface area contributed by atoms with Gasteiger partial charge in [0, 0.05) is 12.2 Å². The first-order chi connectivity index (χ1) is 13.1. The standard InChI is InChI=1S/C20H21N5O2/c1-12-6-13(2)19(14(3)7-12)23-18-10-22-25-20(24-18)21-9-15-4-5-16-17(8-15)27-11-26-16/h4-8,10H,9,11H2,1-3H3,(H2,21,23,24,25). The summed E-state index contributed by atoms with van der Waals surface area (Å²) in [7, 11) is 0. The fourth-order valence-electron chi connectivity index (χ4n) is 3.18. The molecule has 0 bridgehead atoms. The summed E-state index contributed by atoms with van der Waals surface area (Å²) in [5, 5.41) is 14.7. The minimum absolute atomic E-state index is 0.269. The topological polar surface area (TPSA) is 81.2 Å². The molecule has 0 atom stereocenters. The summed E-state index contributed by atoms with van der Waals surface area (Å²) in [5.41, 5.74) is 5.67. The molecule has 1 aromatic heterocycles. The van der Waals surface area contributed by atoms with Gasteiger partial charge in [-0.05, 0) is 49.6 Å². The highest BCUT2D eigenvalue weighted by molar-refractivity contribution is 5.65. The van der Waals surface area contributed by atoms with Crippen LogP contribution in [0.5, 0.6) is 11.5 Å². The Morgan fingerprint density at radius 2 is 1.78 bits per heavy atom. The zero-order chi connectivity index (χ0) is 18.8. The maximum absolute atomic E-state index is 5.40. The fraction of sp³-hybridized carbons (Fsp3) is 0.250. The summed E-state index contributed by atoms with van der Waals surface area (Å²) in [5.74, 6) is 2.63. The molecule has 2 aromatic carbocycles. The van der Waals surface area contributed by atoms with Gasteiger partial charge in [-0.3, -0.25) is 0 Å². The highest BCUT2D eigenvalue weighted by atomic mass is 16.7. The van der Waals surface area contributed by atoms with Crippen LogP contribution < -0.4 is 20.1 Å². The Morgan fingerprint density at radius 3 is 2.59 bits per heavy atom. The van der Waals surface area contributed by atoms with Crippen LogP contribution in [0.25, 0.3) is 0 Å². The van der Waals surface area contributed by atoms with Crippen LogP contribution in [0.3, 0.4) is 0 Å². The van der Waals surface area contributed by atoms with Gasteiger partial charge in [0.2, 0.25) is 12.7 Å². The molecule has 3 aromatic rings. The third-order valence-corrected chi connectivity index (χ3v) is 4.38. The normalized spacial score (nSPS) is 12.1. The molecule has 4 rings (SSSR count). The number of hydrogen-bond donors (Lipinski definition) is 2. The van der Waals surface area contributed by atoms with E-state index >= 15 is 0 Å². The number of aromatic nitrogens is 3. The Kier molecular flexibility index (Phi) is 4.50. The van der Waals surface area contributed by atoms with Gasteiger partial charge in [-0.2, -0.15) is 10.1 Å². The maximum Gasteiger partial charge on any atom is 0.244 e. The molecule has 27 heavy (non-hydrogen) atoms. The first-order valence-corrected chi connectivity index (χ1v) is 8.75. The van der Waals surface area contributed by atoms with Crippen LogP contribution in [0.15, 0.2) is 36.5 Å². The molecule has 0 aliphatic carbocycles. The average molecular weight is 363 g/mol. The summed E-state index contributed by atoms with van der Waals surface area (Å²) in [6, 6.07) is 10.1. The van der Waals surface area contributed by atoms with Crippen LogP contribution in [0.2, 0.25) is 0 Å². The number of rotatable bonds is 5.